The van der Waals surface area contributed by atoms with E-state index in [-0.39, 0.29) is 5.60 Å². The van der Waals surface area contributed by atoms with Crippen LogP contribution in [0, 0.1) is 0 Å². The Morgan fingerprint density at radius 1 is 1.21 bits per heavy atom. The molecule has 1 aliphatic heterocycles. The fraction of sp³-hybridized carbons (Fsp3) is 0.632. The van der Waals surface area contributed by atoms with Crippen molar-refractivity contribution in [2.24, 2.45) is 4.99 Å². The van der Waals surface area contributed by atoms with Gasteiger partial charge in [0.05, 0.1) is 18.8 Å². The van der Waals surface area contributed by atoms with Crippen LogP contribution in [0.25, 0.3) is 0 Å². The fourth-order valence-electron chi connectivity index (χ4n) is 2.72. The molecule has 1 fully saturated rings. The summed E-state index contributed by atoms with van der Waals surface area (Å²) in [5.41, 5.74) is 2.31. The minimum atomic E-state index is -0.0723. The third-order valence-electron chi connectivity index (χ3n) is 4.19. The number of hydrogen-bond donors (Lipinski definition) is 2. The zero-order valence-electron chi connectivity index (χ0n) is 15.2. The SMILES string of the molecule is CCNC(=NCc1ccc(COCC)cc1)NCC1(C)CCCO1. The summed E-state index contributed by atoms with van der Waals surface area (Å²) in [6.45, 7) is 10.8. The van der Waals surface area contributed by atoms with Crippen LogP contribution in [0.4, 0.5) is 0 Å². The van der Waals surface area contributed by atoms with Crippen LogP contribution in [0.1, 0.15) is 44.7 Å². The highest BCUT2D eigenvalue weighted by Crippen LogP contribution is 2.23. The van der Waals surface area contributed by atoms with Crippen LogP contribution in [0.2, 0.25) is 0 Å². The van der Waals surface area contributed by atoms with Gasteiger partial charge in [-0.1, -0.05) is 24.3 Å². The molecule has 0 aliphatic carbocycles. The molecular formula is C19H31N3O2. The molecule has 2 rings (SSSR count). The standard InChI is InChI=1S/C19H31N3O2/c1-4-20-18(22-15-19(3)11-6-12-24-19)21-13-16-7-9-17(10-8-16)14-23-5-2/h7-10H,4-6,11-15H2,1-3H3,(H2,20,21,22). The fourth-order valence-corrected chi connectivity index (χ4v) is 2.72. The summed E-state index contributed by atoms with van der Waals surface area (Å²) in [6, 6.07) is 8.44. The van der Waals surface area contributed by atoms with Crippen molar-refractivity contribution in [1.29, 1.82) is 0 Å². The zero-order valence-corrected chi connectivity index (χ0v) is 15.2. The van der Waals surface area contributed by atoms with Gasteiger partial charge in [0.2, 0.25) is 0 Å². The molecule has 1 aromatic carbocycles. The first kappa shape index (κ1) is 18.7. The second kappa shape index (κ2) is 9.64. The van der Waals surface area contributed by atoms with Gasteiger partial charge in [0.1, 0.15) is 0 Å². The first-order valence-corrected chi connectivity index (χ1v) is 8.97. The first-order valence-electron chi connectivity index (χ1n) is 8.97. The van der Waals surface area contributed by atoms with Crippen LogP contribution < -0.4 is 10.6 Å². The Labute approximate surface area is 145 Å². The van der Waals surface area contributed by atoms with E-state index in [1.807, 2.05) is 6.92 Å². The predicted octanol–water partition coefficient (Wildman–Crippen LogP) is 2.85. The third-order valence-corrected chi connectivity index (χ3v) is 4.19. The van der Waals surface area contributed by atoms with Gasteiger partial charge in [0.15, 0.2) is 5.96 Å². The van der Waals surface area contributed by atoms with E-state index >= 15 is 0 Å². The Hall–Kier alpha value is -1.59. The van der Waals surface area contributed by atoms with Gasteiger partial charge in [-0.05, 0) is 44.7 Å². The maximum Gasteiger partial charge on any atom is 0.191 e. The van der Waals surface area contributed by atoms with Crippen LogP contribution >= 0.6 is 0 Å². The smallest absolute Gasteiger partial charge is 0.191 e. The van der Waals surface area contributed by atoms with Crippen LogP contribution in [0.5, 0.6) is 0 Å². The molecule has 0 spiro atoms. The van der Waals surface area contributed by atoms with Gasteiger partial charge in [-0.3, -0.25) is 0 Å². The summed E-state index contributed by atoms with van der Waals surface area (Å²) in [6.07, 6.45) is 2.24. The molecule has 0 saturated carbocycles. The molecule has 0 aromatic heterocycles. The molecule has 134 valence electrons. The number of benzene rings is 1. The van der Waals surface area contributed by atoms with Gasteiger partial charge in [0, 0.05) is 26.3 Å². The molecule has 5 nitrogen and oxygen atoms in total. The van der Waals surface area contributed by atoms with Crippen LogP contribution in [-0.4, -0.2) is 37.9 Å². The molecule has 1 aliphatic rings. The number of aliphatic imine (C=N–C) groups is 1. The Balaban J connectivity index is 1.87. The molecule has 1 atom stereocenters. The topological polar surface area (TPSA) is 54.9 Å². The van der Waals surface area contributed by atoms with Crippen molar-refractivity contribution in [3.8, 4) is 0 Å². The van der Waals surface area contributed by atoms with Crippen LogP contribution in [0.15, 0.2) is 29.3 Å². The van der Waals surface area contributed by atoms with Gasteiger partial charge in [0.25, 0.3) is 0 Å². The molecule has 1 saturated heterocycles. The van der Waals surface area contributed by atoms with E-state index < -0.39 is 0 Å². The molecular weight excluding hydrogens is 302 g/mol. The quantitative estimate of drug-likeness (QED) is 0.567. The van der Waals surface area contributed by atoms with Crippen molar-refractivity contribution < 1.29 is 9.47 Å². The Morgan fingerprint density at radius 2 is 1.96 bits per heavy atom. The van der Waals surface area contributed by atoms with Gasteiger partial charge in [-0.25, -0.2) is 4.99 Å². The minimum Gasteiger partial charge on any atom is -0.377 e. The molecule has 0 bridgehead atoms. The monoisotopic (exact) mass is 333 g/mol. The lowest BCUT2D eigenvalue weighted by Gasteiger charge is -2.24. The highest BCUT2D eigenvalue weighted by atomic mass is 16.5. The summed E-state index contributed by atoms with van der Waals surface area (Å²) < 4.78 is 11.2. The van der Waals surface area contributed by atoms with Crippen molar-refractivity contribution in [3.63, 3.8) is 0 Å². The number of rotatable bonds is 8. The summed E-state index contributed by atoms with van der Waals surface area (Å²) in [5.74, 6) is 0.840. The van der Waals surface area contributed by atoms with Crippen LogP contribution in [0.3, 0.4) is 0 Å². The van der Waals surface area contributed by atoms with E-state index in [1.165, 1.54) is 11.1 Å². The molecule has 1 heterocycles. The number of hydrogen-bond acceptors (Lipinski definition) is 3. The van der Waals surface area contributed by atoms with Crippen molar-refractivity contribution in [3.05, 3.63) is 35.4 Å². The lowest BCUT2D eigenvalue weighted by atomic mass is 10.0. The third kappa shape index (κ3) is 6.13. The normalized spacial score (nSPS) is 21.0. The number of guanidine groups is 1. The molecule has 2 N–H and O–H groups in total. The molecule has 24 heavy (non-hydrogen) atoms. The Bertz CT molecular complexity index is 508. The van der Waals surface area contributed by atoms with E-state index in [0.717, 1.165) is 45.1 Å². The van der Waals surface area contributed by atoms with E-state index in [0.29, 0.717) is 13.2 Å². The average molecular weight is 333 g/mol. The van der Waals surface area contributed by atoms with Gasteiger partial charge in [-0.2, -0.15) is 0 Å². The summed E-state index contributed by atoms with van der Waals surface area (Å²) >= 11 is 0. The number of nitrogens with one attached hydrogen (secondary N) is 2. The maximum absolute atomic E-state index is 5.82. The lowest BCUT2D eigenvalue weighted by molar-refractivity contribution is 0.0243. The zero-order chi connectivity index (χ0) is 17.3. The number of ether oxygens (including phenoxy) is 2. The molecule has 5 heteroatoms. The van der Waals surface area contributed by atoms with Crippen molar-refractivity contribution in [2.75, 3.05) is 26.3 Å². The second-order valence-corrected chi connectivity index (χ2v) is 6.40. The van der Waals surface area contributed by atoms with E-state index in [9.17, 15) is 0 Å². The van der Waals surface area contributed by atoms with Gasteiger partial charge in [-0.15, -0.1) is 0 Å². The molecule has 0 radical (unpaired) electrons. The summed E-state index contributed by atoms with van der Waals surface area (Å²) in [4.78, 5) is 4.68. The first-order chi connectivity index (χ1) is 11.6. The largest absolute Gasteiger partial charge is 0.377 e. The average Bonchev–Trinajstić information content (AvgIpc) is 3.03. The van der Waals surface area contributed by atoms with Crippen molar-refractivity contribution in [2.45, 2.75) is 52.4 Å². The van der Waals surface area contributed by atoms with E-state index in [4.69, 9.17) is 9.47 Å². The molecule has 0 amide bonds. The van der Waals surface area contributed by atoms with E-state index in [1.54, 1.807) is 0 Å². The highest BCUT2D eigenvalue weighted by Gasteiger charge is 2.29. The lowest BCUT2D eigenvalue weighted by Crippen LogP contribution is -2.45. The minimum absolute atomic E-state index is 0.0723. The van der Waals surface area contributed by atoms with Gasteiger partial charge < -0.3 is 20.1 Å². The Kier molecular flexibility index (Phi) is 7.53. The van der Waals surface area contributed by atoms with Crippen LogP contribution in [-0.2, 0) is 22.6 Å². The van der Waals surface area contributed by atoms with Crippen molar-refractivity contribution >= 4 is 5.96 Å². The van der Waals surface area contributed by atoms with Gasteiger partial charge >= 0.3 is 0 Å². The van der Waals surface area contributed by atoms with E-state index in [2.05, 4.69) is 53.7 Å². The second-order valence-electron chi connectivity index (χ2n) is 6.40. The summed E-state index contributed by atoms with van der Waals surface area (Å²) in [7, 11) is 0. The number of nitrogens with zero attached hydrogens (tertiary/aromatic N) is 1. The van der Waals surface area contributed by atoms with Crippen molar-refractivity contribution in [1.82, 2.24) is 10.6 Å². The summed E-state index contributed by atoms with van der Waals surface area (Å²) in [5, 5.41) is 6.70. The Morgan fingerprint density at radius 3 is 2.58 bits per heavy atom. The highest BCUT2D eigenvalue weighted by molar-refractivity contribution is 5.79. The predicted molar refractivity (Wildman–Crippen MR) is 98.2 cm³/mol. The maximum atomic E-state index is 5.82. The molecule has 1 aromatic rings. The molecule has 1 unspecified atom stereocenters.